The minimum absolute atomic E-state index is 0.0406. The third-order valence-corrected chi connectivity index (χ3v) is 4.21. The van der Waals surface area contributed by atoms with Gasteiger partial charge in [-0.15, -0.1) is 0 Å². The van der Waals surface area contributed by atoms with Gasteiger partial charge >= 0.3 is 0 Å². The van der Waals surface area contributed by atoms with Gasteiger partial charge in [0.05, 0.1) is 12.6 Å². The number of nitrogens with zero attached hydrogens (tertiary/aromatic N) is 3. The number of hydrogen-bond donors (Lipinski definition) is 1. The van der Waals surface area contributed by atoms with Gasteiger partial charge in [0.15, 0.2) is 0 Å². The van der Waals surface area contributed by atoms with E-state index < -0.39 is 0 Å². The van der Waals surface area contributed by atoms with Crippen molar-refractivity contribution in [1.82, 2.24) is 20.2 Å². The summed E-state index contributed by atoms with van der Waals surface area (Å²) in [6.45, 7) is 1.13. The molecular weight excluding hydrogens is 323 g/mol. The first-order valence-corrected chi connectivity index (χ1v) is 8.21. The predicted molar refractivity (Wildman–Crippen MR) is 89.2 cm³/mol. The van der Waals surface area contributed by atoms with E-state index >= 15 is 0 Å². The third kappa shape index (κ3) is 4.59. The maximum absolute atomic E-state index is 12.9. The summed E-state index contributed by atoms with van der Waals surface area (Å²) in [7, 11) is 0. The van der Waals surface area contributed by atoms with Crippen molar-refractivity contribution in [2.45, 2.75) is 25.3 Å². The maximum Gasteiger partial charge on any atom is 0.274 e. The van der Waals surface area contributed by atoms with Gasteiger partial charge in [-0.05, 0) is 30.5 Å². The highest BCUT2D eigenvalue weighted by molar-refractivity contribution is 5.92. The number of aromatic nitrogens is 2. The average molecular weight is 342 g/mol. The first-order valence-electron chi connectivity index (χ1n) is 8.21. The van der Waals surface area contributed by atoms with E-state index in [9.17, 15) is 14.0 Å². The molecule has 0 bridgehead atoms. The number of benzene rings is 1. The van der Waals surface area contributed by atoms with Gasteiger partial charge in [0.2, 0.25) is 5.91 Å². The summed E-state index contributed by atoms with van der Waals surface area (Å²) in [5, 5.41) is 2.98. The molecule has 1 saturated heterocycles. The van der Waals surface area contributed by atoms with Crippen LogP contribution in [0, 0.1) is 5.82 Å². The second kappa shape index (κ2) is 7.83. The molecule has 3 rings (SSSR count). The van der Waals surface area contributed by atoms with Gasteiger partial charge < -0.3 is 10.2 Å². The number of likely N-dealkylation sites (tertiary alicyclic amines) is 1. The fourth-order valence-electron chi connectivity index (χ4n) is 2.86. The van der Waals surface area contributed by atoms with Crippen molar-refractivity contribution >= 4 is 11.8 Å². The van der Waals surface area contributed by atoms with Crippen LogP contribution < -0.4 is 5.32 Å². The summed E-state index contributed by atoms with van der Waals surface area (Å²) in [5.41, 5.74) is 1.11. The molecule has 6 nitrogen and oxygen atoms in total. The zero-order chi connectivity index (χ0) is 17.6. The quantitative estimate of drug-likeness (QED) is 0.915. The van der Waals surface area contributed by atoms with Crippen molar-refractivity contribution in [2.24, 2.45) is 0 Å². The van der Waals surface area contributed by atoms with Gasteiger partial charge in [-0.25, -0.2) is 9.37 Å². The molecule has 1 aromatic carbocycles. The van der Waals surface area contributed by atoms with Crippen molar-refractivity contribution in [1.29, 1.82) is 0 Å². The third-order valence-electron chi connectivity index (χ3n) is 4.21. The Morgan fingerprint density at radius 2 is 1.88 bits per heavy atom. The number of hydrogen-bond acceptors (Lipinski definition) is 4. The van der Waals surface area contributed by atoms with Gasteiger partial charge in [0.1, 0.15) is 11.5 Å². The molecule has 1 fully saturated rings. The van der Waals surface area contributed by atoms with E-state index in [1.807, 2.05) is 0 Å². The average Bonchev–Trinajstić information content (AvgIpc) is 2.64. The molecule has 25 heavy (non-hydrogen) atoms. The molecule has 0 atom stereocenters. The summed E-state index contributed by atoms with van der Waals surface area (Å²) in [4.78, 5) is 34.1. The molecular formula is C18H19FN4O2. The number of nitrogens with one attached hydrogen (secondary N) is 1. The van der Waals surface area contributed by atoms with Crippen LogP contribution in [0.15, 0.2) is 42.9 Å². The van der Waals surface area contributed by atoms with Crippen LogP contribution in [0.5, 0.6) is 0 Å². The van der Waals surface area contributed by atoms with Crippen molar-refractivity contribution in [3.63, 3.8) is 0 Å². The van der Waals surface area contributed by atoms with Crippen LogP contribution in [0.4, 0.5) is 4.39 Å². The largest absolute Gasteiger partial charge is 0.353 e. The standard InChI is InChI=1S/C18H19FN4O2/c19-14-3-1-13(2-4-14)11-17(24)22-15-5-9-23(10-6-15)18(25)16-12-20-7-8-21-16/h1-4,7-8,12,15H,5-6,9-11H2,(H,22,24). The second-order valence-corrected chi connectivity index (χ2v) is 6.03. The Kier molecular flexibility index (Phi) is 5.33. The Morgan fingerprint density at radius 1 is 1.16 bits per heavy atom. The fraction of sp³-hybridized carbons (Fsp3) is 0.333. The van der Waals surface area contributed by atoms with E-state index in [0.29, 0.717) is 31.6 Å². The lowest BCUT2D eigenvalue weighted by atomic mass is 10.0. The molecule has 0 unspecified atom stereocenters. The Balaban J connectivity index is 1.46. The van der Waals surface area contributed by atoms with E-state index in [4.69, 9.17) is 0 Å². The number of piperidine rings is 1. The van der Waals surface area contributed by atoms with E-state index in [1.54, 1.807) is 17.0 Å². The van der Waals surface area contributed by atoms with Crippen LogP contribution in [0.3, 0.4) is 0 Å². The van der Waals surface area contributed by atoms with Gasteiger partial charge in [-0.3, -0.25) is 14.6 Å². The molecule has 7 heteroatoms. The van der Waals surface area contributed by atoms with Gasteiger partial charge in [0, 0.05) is 31.5 Å². The summed E-state index contributed by atoms with van der Waals surface area (Å²) >= 11 is 0. The molecule has 0 aliphatic carbocycles. The summed E-state index contributed by atoms with van der Waals surface area (Å²) in [6.07, 6.45) is 6.09. The van der Waals surface area contributed by atoms with E-state index in [1.165, 1.54) is 30.7 Å². The van der Waals surface area contributed by atoms with Gasteiger partial charge in [-0.1, -0.05) is 12.1 Å². The smallest absolute Gasteiger partial charge is 0.274 e. The van der Waals surface area contributed by atoms with Gasteiger partial charge in [0.25, 0.3) is 5.91 Å². The van der Waals surface area contributed by atoms with Crippen LogP contribution in [0.25, 0.3) is 0 Å². The molecule has 1 aliphatic heterocycles. The fourth-order valence-corrected chi connectivity index (χ4v) is 2.86. The number of carbonyl (C=O) groups excluding carboxylic acids is 2. The molecule has 2 heterocycles. The maximum atomic E-state index is 12.9. The monoisotopic (exact) mass is 342 g/mol. The van der Waals surface area contributed by atoms with E-state index in [2.05, 4.69) is 15.3 Å². The summed E-state index contributed by atoms with van der Waals surface area (Å²) in [6, 6.07) is 5.95. The van der Waals surface area contributed by atoms with E-state index in [-0.39, 0.29) is 30.1 Å². The van der Waals surface area contributed by atoms with E-state index in [0.717, 1.165) is 5.56 Å². The van der Waals surface area contributed by atoms with Crippen molar-refractivity contribution in [3.8, 4) is 0 Å². The molecule has 0 spiro atoms. The molecule has 0 saturated carbocycles. The van der Waals surface area contributed by atoms with Crippen LogP contribution in [-0.2, 0) is 11.2 Å². The minimum atomic E-state index is -0.315. The van der Waals surface area contributed by atoms with Gasteiger partial charge in [-0.2, -0.15) is 0 Å². The lowest BCUT2D eigenvalue weighted by molar-refractivity contribution is -0.121. The van der Waals surface area contributed by atoms with Crippen molar-refractivity contribution in [3.05, 3.63) is 59.9 Å². The molecule has 1 aromatic heterocycles. The SMILES string of the molecule is O=C(Cc1ccc(F)cc1)NC1CCN(C(=O)c2cnccn2)CC1. The van der Waals surface area contributed by atoms with Crippen LogP contribution in [0.2, 0.25) is 0 Å². The Bertz CT molecular complexity index is 729. The molecule has 130 valence electrons. The number of halogens is 1. The highest BCUT2D eigenvalue weighted by Crippen LogP contribution is 2.13. The van der Waals surface area contributed by atoms with Crippen LogP contribution >= 0.6 is 0 Å². The summed E-state index contributed by atoms with van der Waals surface area (Å²) < 4.78 is 12.9. The molecule has 1 aliphatic rings. The molecule has 0 radical (unpaired) electrons. The highest BCUT2D eigenvalue weighted by atomic mass is 19.1. The lowest BCUT2D eigenvalue weighted by Crippen LogP contribution is -2.47. The first-order chi connectivity index (χ1) is 12.1. The second-order valence-electron chi connectivity index (χ2n) is 6.03. The van der Waals surface area contributed by atoms with Crippen molar-refractivity contribution in [2.75, 3.05) is 13.1 Å². The van der Waals surface area contributed by atoms with Crippen molar-refractivity contribution < 1.29 is 14.0 Å². The Hall–Kier alpha value is -2.83. The number of rotatable bonds is 4. The topological polar surface area (TPSA) is 75.2 Å². The zero-order valence-electron chi connectivity index (χ0n) is 13.7. The van der Waals surface area contributed by atoms with Crippen LogP contribution in [-0.4, -0.2) is 45.8 Å². The first kappa shape index (κ1) is 17.0. The van der Waals surface area contributed by atoms with Crippen LogP contribution in [0.1, 0.15) is 28.9 Å². The number of amides is 2. The number of carbonyl (C=O) groups is 2. The normalized spacial score (nSPS) is 15.0. The highest BCUT2D eigenvalue weighted by Gasteiger charge is 2.25. The predicted octanol–water partition coefficient (Wildman–Crippen LogP) is 1.58. The zero-order valence-corrected chi connectivity index (χ0v) is 13.7. The molecule has 2 amide bonds. The minimum Gasteiger partial charge on any atom is -0.353 e. The summed E-state index contributed by atoms with van der Waals surface area (Å²) in [5.74, 6) is -0.543. The Morgan fingerprint density at radius 3 is 2.52 bits per heavy atom. The Labute approximate surface area is 145 Å². The lowest BCUT2D eigenvalue weighted by Gasteiger charge is -2.32. The molecule has 2 aromatic rings. The molecule has 1 N–H and O–H groups in total.